The molecule has 2 aliphatic heterocycles. The van der Waals surface area contributed by atoms with E-state index >= 15 is 0 Å². The van der Waals surface area contributed by atoms with Crippen LogP contribution in [0.3, 0.4) is 0 Å². The van der Waals surface area contributed by atoms with E-state index in [1.54, 1.807) is 26.4 Å². The van der Waals surface area contributed by atoms with Crippen LogP contribution < -0.4 is 14.4 Å². The van der Waals surface area contributed by atoms with Crippen molar-refractivity contribution < 1.29 is 32.2 Å². The van der Waals surface area contributed by atoms with E-state index in [1.165, 1.54) is 11.1 Å². The fourth-order valence-corrected chi connectivity index (χ4v) is 10.3. The Morgan fingerprint density at radius 3 is 2.71 bits per heavy atom. The molecule has 2 aliphatic carbocycles. The lowest BCUT2D eigenvalue weighted by Crippen LogP contribution is -2.54. The number of hydrogen-bond acceptors (Lipinski definition) is 8. The van der Waals surface area contributed by atoms with Gasteiger partial charge in [-0.3, -0.25) is 4.79 Å². The smallest absolute Gasteiger partial charge is 0.264 e. The Labute approximate surface area is 290 Å². The normalized spacial score (nSPS) is 32.2. The molecule has 1 amide bonds. The fraction of sp³-hybridized carbons (Fsp3) is 0.595. The van der Waals surface area contributed by atoms with Gasteiger partial charge < -0.3 is 23.8 Å². The van der Waals surface area contributed by atoms with Gasteiger partial charge in [0.2, 0.25) is 10.0 Å². The minimum Gasteiger partial charge on any atom is -0.490 e. The van der Waals surface area contributed by atoms with Crippen molar-refractivity contribution in [2.75, 3.05) is 52.0 Å². The molecule has 9 nitrogen and oxygen atoms in total. The molecule has 2 aromatic rings. The molecule has 262 valence electrons. The van der Waals surface area contributed by atoms with Crippen LogP contribution in [0.4, 0.5) is 5.69 Å². The number of nitrogens with one attached hydrogen (secondary N) is 1. The van der Waals surface area contributed by atoms with E-state index in [2.05, 4.69) is 21.8 Å². The molecule has 0 unspecified atom stereocenters. The number of allylic oxidation sites excluding steroid dienone is 1. The first-order valence-corrected chi connectivity index (χ1v) is 19.2. The second kappa shape index (κ2) is 14.3. The van der Waals surface area contributed by atoms with Gasteiger partial charge in [0.15, 0.2) is 5.79 Å². The summed E-state index contributed by atoms with van der Waals surface area (Å²) in [7, 11) is -0.817. The molecule has 11 heteroatoms. The molecular formula is C37H49ClN2O7S. The van der Waals surface area contributed by atoms with Crippen LogP contribution in [0.2, 0.25) is 5.02 Å². The maximum absolute atomic E-state index is 13.8. The highest BCUT2D eigenvalue weighted by Crippen LogP contribution is 2.49. The van der Waals surface area contributed by atoms with E-state index in [0.717, 1.165) is 42.8 Å². The zero-order chi connectivity index (χ0) is 34.1. The minimum absolute atomic E-state index is 0.0856. The zero-order valence-corrected chi connectivity index (χ0v) is 30.1. The standard InChI is InChI=1S/C37H49ClN2O7S/c1-5-47-37(45-4)18-6-8-25(2)34(16-19-44-3)48(42,43)39-35(41)27-11-15-33-32(21-27)40(22-28-10-13-31(28)37)23-36(24-46-33)17-7-9-26-20-29(38)12-14-30(26)36/h6,11-12,14-15,18,20-21,25,28,31,34H,5,7-10,13,16-17,19,22-24H2,1-4H3,(H,39,41)/b18-6+/t25-,28-,31+,34+,36-,37+/m0/s1. The van der Waals surface area contributed by atoms with Gasteiger partial charge in [-0.05, 0) is 111 Å². The summed E-state index contributed by atoms with van der Waals surface area (Å²) >= 11 is 6.45. The number of carbonyl (C=O) groups is 1. The van der Waals surface area contributed by atoms with Crippen molar-refractivity contribution in [1.29, 1.82) is 0 Å². The number of carbonyl (C=O) groups excluding carboxylic acids is 1. The highest BCUT2D eigenvalue weighted by atomic mass is 35.5. The Balaban J connectivity index is 1.46. The van der Waals surface area contributed by atoms with E-state index in [-0.39, 0.29) is 41.8 Å². The summed E-state index contributed by atoms with van der Waals surface area (Å²) in [6.07, 6.45) is 9.59. The van der Waals surface area contributed by atoms with Crippen molar-refractivity contribution in [3.05, 3.63) is 70.3 Å². The molecule has 0 aromatic heterocycles. The average Bonchev–Trinajstić information content (AvgIpc) is 3.19. The lowest BCUT2D eigenvalue weighted by Gasteiger charge is -2.50. The number of ether oxygens (including phenoxy) is 4. The topological polar surface area (TPSA) is 103 Å². The van der Waals surface area contributed by atoms with Gasteiger partial charge >= 0.3 is 0 Å². The maximum Gasteiger partial charge on any atom is 0.264 e. The number of benzene rings is 2. The van der Waals surface area contributed by atoms with Crippen LogP contribution in [0.15, 0.2) is 48.6 Å². The molecule has 1 fully saturated rings. The number of halogens is 1. The number of aryl methyl sites for hydroxylation is 1. The van der Waals surface area contributed by atoms with Crippen molar-refractivity contribution in [2.24, 2.45) is 17.8 Å². The van der Waals surface area contributed by atoms with Crippen LogP contribution in [0.5, 0.6) is 5.75 Å². The van der Waals surface area contributed by atoms with Crippen LogP contribution in [-0.4, -0.2) is 72.5 Å². The Morgan fingerprint density at radius 1 is 1.15 bits per heavy atom. The summed E-state index contributed by atoms with van der Waals surface area (Å²) in [6, 6.07) is 11.5. The quantitative estimate of drug-likeness (QED) is 0.278. The number of nitrogens with zero attached hydrogens (tertiary/aromatic N) is 1. The number of sulfonamides is 1. The Bertz CT molecular complexity index is 1630. The first kappa shape index (κ1) is 35.2. The van der Waals surface area contributed by atoms with Gasteiger partial charge in [0, 0.05) is 62.4 Å². The molecule has 1 spiro atoms. The summed E-state index contributed by atoms with van der Waals surface area (Å²) in [4.78, 5) is 16.1. The molecule has 0 saturated heterocycles. The molecule has 1 N–H and O–H groups in total. The van der Waals surface area contributed by atoms with E-state index in [4.69, 9.17) is 30.5 Å². The monoisotopic (exact) mass is 700 g/mol. The van der Waals surface area contributed by atoms with E-state index in [0.29, 0.717) is 38.5 Å². The molecule has 2 heterocycles. The van der Waals surface area contributed by atoms with Gasteiger partial charge in [0.05, 0.1) is 17.5 Å². The Morgan fingerprint density at radius 2 is 1.98 bits per heavy atom. The van der Waals surface area contributed by atoms with Gasteiger partial charge in [-0.25, -0.2) is 13.1 Å². The lowest BCUT2D eigenvalue weighted by molar-refractivity contribution is -0.244. The minimum atomic E-state index is -4.06. The second-order valence-electron chi connectivity index (χ2n) is 14.0. The van der Waals surface area contributed by atoms with Crippen molar-refractivity contribution in [3.63, 3.8) is 0 Å². The Kier molecular flexibility index (Phi) is 10.5. The third kappa shape index (κ3) is 6.75. The molecule has 0 radical (unpaired) electrons. The highest BCUT2D eigenvalue weighted by Gasteiger charge is 2.50. The van der Waals surface area contributed by atoms with E-state index in [9.17, 15) is 13.2 Å². The van der Waals surface area contributed by atoms with Crippen LogP contribution >= 0.6 is 11.6 Å². The Hall–Kier alpha value is -2.63. The third-order valence-corrected chi connectivity index (χ3v) is 13.3. The van der Waals surface area contributed by atoms with Crippen molar-refractivity contribution >= 4 is 33.2 Å². The van der Waals surface area contributed by atoms with Crippen molar-refractivity contribution in [3.8, 4) is 5.75 Å². The average molecular weight is 701 g/mol. The van der Waals surface area contributed by atoms with Crippen molar-refractivity contribution in [2.45, 2.75) is 75.2 Å². The number of anilines is 1. The number of fused-ring (bicyclic) bond motifs is 4. The first-order valence-electron chi connectivity index (χ1n) is 17.3. The number of methoxy groups -OCH3 is 2. The molecule has 6 atom stereocenters. The molecular weight excluding hydrogens is 652 g/mol. The SMILES string of the molecule is CCO[C@]1(OC)/C=C/C[C@H](C)[C@@H](CCOC)S(=O)(=O)NC(=O)c2ccc3c(c2)N(C[C@@H]2CC[C@H]21)C[C@@]1(CCCc2cc(Cl)ccc21)CO3. The summed E-state index contributed by atoms with van der Waals surface area (Å²) in [5.41, 5.74) is 3.28. The fourth-order valence-electron chi connectivity index (χ4n) is 8.48. The molecule has 48 heavy (non-hydrogen) atoms. The molecule has 2 aromatic carbocycles. The summed E-state index contributed by atoms with van der Waals surface area (Å²) in [5, 5.41) is -0.116. The second-order valence-corrected chi connectivity index (χ2v) is 16.3. The van der Waals surface area contributed by atoms with E-state index in [1.807, 2.05) is 38.1 Å². The van der Waals surface area contributed by atoms with Crippen LogP contribution in [-0.2, 0) is 36.1 Å². The summed E-state index contributed by atoms with van der Waals surface area (Å²) in [6.45, 7) is 6.46. The number of amides is 1. The number of hydrogen-bond donors (Lipinski definition) is 1. The molecule has 6 rings (SSSR count). The third-order valence-electron chi connectivity index (χ3n) is 11.1. The van der Waals surface area contributed by atoms with Crippen LogP contribution in [0.25, 0.3) is 0 Å². The van der Waals surface area contributed by atoms with E-state index < -0.39 is 27.0 Å². The predicted octanol–water partition coefficient (Wildman–Crippen LogP) is 6.28. The molecule has 1 saturated carbocycles. The zero-order valence-electron chi connectivity index (χ0n) is 28.5. The van der Waals surface area contributed by atoms with Crippen LogP contribution in [0.1, 0.15) is 73.9 Å². The largest absolute Gasteiger partial charge is 0.490 e. The molecule has 2 bridgehead atoms. The van der Waals surface area contributed by atoms with Gasteiger partial charge in [-0.2, -0.15) is 0 Å². The summed E-state index contributed by atoms with van der Waals surface area (Å²) < 4.78 is 54.5. The van der Waals surface area contributed by atoms with Crippen LogP contribution in [0, 0.1) is 17.8 Å². The first-order chi connectivity index (χ1) is 23.0. The number of rotatable bonds is 6. The van der Waals surface area contributed by atoms with Gasteiger partial charge in [0.25, 0.3) is 5.91 Å². The predicted molar refractivity (Wildman–Crippen MR) is 187 cm³/mol. The maximum atomic E-state index is 13.8. The van der Waals surface area contributed by atoms with Gasteiger partial charge in [-0.15, -0.1) is 0 Å². The lowest BCUT2D eigenvalue weighted by atomic mass is 9.67. The highest BCUT2D eigenvalue weighted by molar-refractivity contribution is 7.90. The van der Waals surface area contributed by atoms with Crippen molar-refractivity contribution in [1.82, 2.24) is 4.72 Å². The van der Waals surface area contributed by atoms with Gasteiger partial charge in [-0.1, -0.05) is 30.7 Å². The summed E-state index contributed by atoms with van der Waals surface area (Å²) in [5.74, 6) is -0.884. The van der Waals surface area contributed by atoms with Gasteiger partial charge in [0.1, 0.15) is 5.75 Å². The molecule has 4 aliphatic rings.